The molecule has 2 aliphatic rings. The molecule has 0 radical (unpaired) electrons. The monoisotopic (exact) mass is 426 g/mol. The summed E-state index contributed by atoms with van der Waals surface area (Å²) in [6.07, 6.45) is 18.2. The van der Waals surface area contributed by atoms with Crippen molar-refractivity contribution in [3.05, 3.63) is 0 Å². The lowest BCUT2D eigenvalue weighted by molar-refractivity contribution is 0.00726. The molecule has 2 rings (SSSR count). The van der Waals surface area contributed by atoms with Gasteiger partial charge in [0.25, 0.3) is 0 Å². The highest BCUT2D eigenvalue weighted by molar-refractivity contribution is 7.64. The molecule has 0 atom stereocenters. The number of hydrogen-bond acceptors (Lipinski definition) is 1. The van der Waals surface area contributed by atoms with Crippen molar-refractivity contribution in [3.63, 3.8) is 0 Å². The molecule has 2 aliphatic carbocycles. The molecule has 0 N–H and O–H groups in total. The first-order chi connectivity index (χ1) is 12.0. The van der Waals surface area contributed by atoms with Crippen LogP contribution in [0.3, 0.4) is 0 Å². The van der Waals surface area contributed by atoms with Gasteiger partial charge < -0.3 is 4.74 Å². The molecule has 0 saturated heterocycles. The Morgan fingerprint density at radius 3 is 1.96 bits per heavy atom. The van der Waals surface area contributed by atoms with Gasteiger partial charge in [-0.3, -0.25) is 0 Å². The summed E-state index contributed by atoms with van der Waals surface area (Å²) in [5.74, 6) is 2.99. The number of rotatable bonds is 10. The first-order valence-electron chi connectivity index (χ1n) is 10.7. The molecule has 2 fully saturated rings. The van der Waals surface area contributed by atoms with Gasteiger partial charge >= 0.3 is 6.00 Å². The van der Waals surface area contributed by atoms with Crippen LogP contribution in [0.15, 0.2) is 0 Å². The van der Waals surface area contributed by atoms with Crippen LogP contribution in [0.5, 0.6) is 0 Å². The van der Waals surface area contributed by atoms with E-state index in [1.165, 1.54) is 77.0 Å². The predicted molar refractivity (Wildman–Crippen MR) is 114 cm³/mol. The topological polar surface area (TPSA) is 9.23 Å². The van der Waals surface area contributed by atoms with Crippen molar-refractivity contribution in [2.45, 2.75) is 103 Å². The Balaban J connectivity index is 1.55. The van der Waals surface area contributed by atoms with Crippen LogP contribution in [0.1, 0.15) is 90.4 Å². The van der Waals surface area contributed by atoms with Crippen molar-refractivity contribution >= 4 is 39.2 Å². The van der Waals surface area contributed by atoms with Gasteiger partial charge in [-0.1, -0.05) is 45.4 Å². The molecular weight excluding hydrogens is 391 g/mol. The van der Waals surface area contributed by atoms with Crippen molar-refractivity contribution < 1.29 is 4.74 Å². The Morgan fingerprint density at radius 2 is 1.40 bits per heavy atom. The first-order valence-corrected chi connectivity index (χ1v) is 15.9. The molecule has 1 nitrogen and oxygen atoms in total. The minimum Gasteiger partial charge on any atom is -0.378 e. The van der Waals surface area contributed by atoms with Crippen LogP contribution >= 0.6 is 33.2 Å². The van der Waals surface area contributed by atoms with Gasteiger partial charge in [0.2, 0.25) is 0 Å². The highest BCUT2D eigenvalue weighted by Gasteiger charge is 2.31. The van der Waals surface area contributed by atoms with Gasteiger partial charge in [-0.05, 0) is 68.7 Å². The SMILES string of the molecule is CCCCC[C@H]1CC[C@H]([C@H]2CC[C@H](OCCC[Si](Cl)(Cl)Cl)CC2)CC1. The van der Waals surface area contributed by atoms with Crippen molar-refractivity contribution in [2.75, 3.05) is 6.61 Å². The van der Waals surface area contributed by atoms with Crippen molar-refractivity contribution in [1.82, 2.24) is 0 Å². The van der Waals surface area contributed by atoms with Gasteiger partial charge in [0.15, 0.2) is 0 Å². The molecule has 0 aromatic heterocycles. The first kappa shape index (κ1) is 22.3. The Hall–Kier alpha value is 1.05. The van der Waals surface area contributed by atoms with Crippen LogP contribution in [-0.2, 0) is 4.74 Å². The smallest absolute Gasteiger partial charge is 0.341 e. The Morgan fingerprint density at radius 1 is 0.800 bits per heavy atom. The van der Waals surface area contributed by atoms with Crippen molar-refractivity contribution in [2.24, 2.45) is 17.8 Å². The van der Waals surface area contributed by atoms with E-state index in [1.807, 2.05) is 0 Å². The fourth-order valence-corrected chi connectivity index (χ4v) is 6.63. The molecule has 5 heteroatoms. The van der Waals surface area contributed by atoms with E-state index in [-0.39, 0.29) is 0 Å². The van der Waals surface area contributed by atoms with E-state index in [0.717, 1.165) is 30.8 Å². The zero-order valence-electron chi connectivity index (χ0n) is 16.0. The summed E-state index contributed by atoms with van der Waals surface area (Å²) in [6.45, 7) is 3.07. The Kier molecular flexibility index (Phi) is 10.5. The second-order valence-electron chi connectivity index (χ2n) is 8.40. The largest absolute Gasteiger partial charge is 0.378 e. The van der Waals surface area contributed by atoms with Crippen LogP contribution in [0, 0.1) is 17.8 Å². The summed E-state index contributed by atoms with van der Waals surface area (Å²) in [5.41, 5.74) is 0. The van der Waals surface area contributed by atoms with E-state index in [0.29, 0.717) is 12.1 Å². The van der Waals surface area contributed by atoms with E-state index < -0.39 is 6.00 Å². The minimum absolute atomic E-state index is 0.457. The highest BCUT2D eigenvalue weighted by atomic mass is 35.8. The molecule has 0 aliphatic heterocycles. The maximum absolute atomic E-state index is 6.03. The number of unbranched alkanes of at least 4 members (excludes halogenated alkanes) is 2. The Bertz CT molecular complexity index is 345. The van der Waals surface area contributed by atoms with E-state index in [2.05, 4.69) is 6.92 Å². The molecular formula is C20H37Cl3OSi. The average Bonchev–Trinajstić information content (AvgIpc) is 2.59. The normalized spacial score (nSPS) is 31.2. The summed E-state index contributed by atoms with van der Waals surface area (Å²) < 4.78 is 6.03. The molecule has 2 saturated carbocycles. The van der Waals surface area contributed by atoms with Gasteiger partial charge in [-0.2, -0.15) is 0 Å². The molecule has 0 spiro atoms. The van der Waals surface area contributed by atoms with Crippen LogP contribution in [0.25, 0.3) is 0 Å². The van der Waals surface area contributed by atoms with Crippen LogP contribution in [0.4, 0.5) is 0 Å². The predicted octanol–water partition coefficient (Wildman–Crippen LogP) is 7.99. The number of hydrogen-bond donors (Lipinski definition) is 0. The van der Waals surface area contributed by atoms with Gasteiger partial charge in [0, 0.05) is 6.61 Å². The lowest BCUT2D eigenvalue weighted by atomic mass is 9.70. The number of ether oxygens (including phenoxy) is 1. The average molecular weight is 428 g/mol. The van der Waals surface area contributed by atoms with Gasteiger partial charge in [-0.15, -0.1) is 33.2 Å². The molecule has 0 heterocycles. The standard InChI is InChI=1S/C20H37Cl3OSi/c1-2-3-4-6-17-7-9-18(10-8-17)19-11-13-20(14-12-19)24-15-5-16-25(21,22)23/h17-20H,2-16H2,1H3/t17-,18-,19-,20-. The lowest BCUT2D eigenvalue weighted by Crippen LogP contribution is -2.29. The summed E-state index contributed by atoms with van der Waals surface area (Å²) in [4.78, 5) is 0. The van der Waals surface area contributed by atoms with E-state index in [4.69, 9.17) is 38.0 Å². The fraction of sp³-hybridized carbons (Fsp3) is 1.00. The van der Waals surface area contributed by atoms with Crippen LogP contribution < -0.4 is 0 Å². The second kappa shape index (κ2) is 11.8. The van der Waals surface area contributed by atoms with Gasteiger partial charge in [0.05, 0.1) is 6.10 Å². The molecule has 0 amide bonds. The third-order valence-electron chi connectivity index (χ3n) is 6.45. The third kappa shape index (κ3) is 9.19. The van der Waals surface area contributed by atoms with E-state index in [1.54, 1.807) is 0 Å². The fourth-order valence-electron chi connectivity index (χ4n) is 4.88. The molecule has 148 valence electrons. The Labute approximate surface area is 170 Å². The summed E-state index contributed by atoms with van der Waals surface area (Å²) in [7, 11) is 0. The molecule has 25 heavy (non-hydrogen) atoms. The van der Waals surface area contributed by atoms with Gasteiger partial charge in [0.1, 0.15) is 0 Å². The van der Waals surface area contributed by atoms with Crippen LogP contribution in [-0.4, -0.2) is 18.7 Å². The molecule has 0 aromatic rings. The summed E-state index contributed by atoms with van der Waals surface area (Å²) >= 11 is 17.8. The molecule has 0 unspecified atom stereocenters. The highest BCUT2D eigenvalue weighted by Crippen LogP contribution is 2.41. The maximum Gasteiger partial charge on any atom is 0.341 e. The van der Waals surface area contributed by atoms with Crippen LogP contribution in [0.2, 0.25) is 6.04 Å². The molecule has 0 aromatic carbocycles. The lowest BCUT2D eigenvalue weighted by Gasteiger charge is -2.38. The summed E-state index contributed by atoms with van der Waals surface area (Å²) in [5, 5.41) is 0. The minimum atomic E-state index is -2.46. The number of halogens is 3. The zero-order valence-corrected chi connectivity index (χ0v) is 19.2. The zero-order chi connectivity index (χ0) is 18.1. The summed E-state index contributed by atoms with van der Waals surface area (Å²) in [6, 6.07) is -1.74. The van der Waals surface area contributed by atoms with E-state index >= 15 is 0 Å². The maximum atomic E-state index is 6.03. The second-order valence-corrected chi connectivity index (χ2v) is 17.7. The molecule has 0 bridgehead atoms. The van der Waals surface area contributed by atoms with Crippen molar-refractivity contribution in [1.29, 1.82) is 0 Å². The quantitative estimate of drug-likeness (QED) is 0.195. The van der Waals surface area contributed by atoms with Crippen molar-refractivity contribution in [3.8, 4) is 0 Å². The van der Waals surface area contributed by atoms with E-state index in [9.17, 15) is 0 Å². The van der Waals surface area contributed by atoms with Gasteiger partial charge in [-0.25, -0.2) is 0 Å². The third-order valence-corrected chi connectivity index (χ3v) is 9.07.